The summed E-state index contributed by atoms with van der Waals surface area (Å²) < 4.78 is 0. The molecule has 1 aliphatic rings. The fourth-order valence-electron chi connectivity index (χ4n) is 2.25. The number of hydrogen-bond acceptors (Lipinski definition) is 3. The number of benzene rings is 1. The van der Waals surface area contributed by atoms with Crippen molar-refractivity contribution in [2.75, 3.05) is 50.0 Å². The van der Waals surface area contributed by atoms with E-state index in [2.05, 4.69) is 4.90 Å². The molecule has 0 aliphatic carbocycles. The van der Waals surface area contributed by atoms with Crippen molar-refractivity contribution < 1.29 is 10.0 Å². The van der Waals surface area contributed by atoms with Crippen LogP contribution in [0, 0.1) is 0 Å². The summed E-state index contributed by atoms with van der Waals surface area (Å²) in [5, 5.41) is 9.62. The van der Waals surface area contributed by atoms with Gasteiger partial charge in [-0.1, -0.05) is 11.6 Å². The molecular weight excluding hydrogens is 238 g/mol. The Labute approximate surface area is 107 Å². The Bertz CT molecular complexity index is 378. The van der Waals surface area contributed by atoms with Gasteiger partial charge in [0.2, 0.25) is 0 Å². The van der Waals surface area contributed by atoms with Crippen molar-refractivity contribution in [3.63, 3.8) is 0 Å². The molecule has 0 spiro atoms. The molecule has 0 bridgehead atoms. The van der Waals surface area contributed by atoms with Gasteiger partial charge in [-0.15, -0.1) is 0 Å². The molecule has 1 aliphatic heterocycles. The Balaban J connectivity index is 2.00. The summed E-state index contributed by atoms with van der Waals surface area (Å²) in [4.78, 5) is 3.73. The number of halogens is 1. The van der Waals surface area contributed by atoms with Crippen LogP contribution in [0.1, 0.15) is 0 Å². The Morgan fingerprint density at radius 2 is 2.06 bits per heavy atom. The van der Waals surface area contributed by atoms with Gasteiger partial charge in [-0.2, -0.15) is 0 Å². The van der Waals surface area contributed by atoms with Gasteiger partial charge >= 0.3 is 0 Å². The molecule has 1 saturated heterocycles. The maximum Gasteiger partial charge on any atom is 0.101 e. The van der Waals surface area contributed by atoms with Gasteiger partial charge in [0, 0.05) is 5.69 Å². The fourth-order valence-corrected chi connectivity index (χ4v) is 2.56. The third-order valence-corrected chi connectivity index (χ3v) is 3.55. The third-order valence-electron chi connectivity index (χ3n) is 3.25. The van der Waals surface area contributed by atoms with Crippen LogP contribution in [0.3, 0.4) is 0 Å². The van der Waals surface area contributed by atoms with Crippen molar-refractivity contribution in [3.8, 4) is 0 Å². The summed E-state index contributed by atoms with van der Waals surface area (Å²) >= 11 is 6.19. The molecule has 1 aromatic carbocycles. The lowest BCUT2D eigenvalue weighted by molar-refractivity contribution is -0.900. The molecule has 0 amide bonds. The first kappa shape index (κ1) is 12.5. The number of quaternary nitrogens is 1. The minimum absolute atomic E-state index is 0.262. The number of nitrogens with zero attached hydrogens (tertiary/aromatic N) is 1. The second kappa shape index (κ2) is 5.58. The van der Waals surface area contributed by atoms with Crippen LogP contribution >= 0.6 is 11.6 Å². The van der Waals surface area contributed by atoms with Crippen molar-refractivity contribution in [3.05, 3.63) is 23.2 Å². The van der Waals surface area contributed by atoms with Crippen molar-refractivity contribution in [2.24, 2.45) is 0 Å². The van der Waals surface area contributed by atoms with Gasteiger partial charge in [-0.3, -0.25) is 0 Å². The molecule has 94 valence electrons. The molecule has 5 heteroatoms. The molecule has 17 heavy (non-hydrogen) atoms. The highest BCUT2D eigenvalue weighted by atomic mass is 35.5. The molecule has 1 heterocycles. The Kier molecular flexibility index (Phi) is 4.10. The molecule has 0 aromatic heterocycles. The molecule has 2 rings (SSSR count). The minimum Gasteiger partial charge on any atom is -0.399 e. The normalized spacial score (nSPS) is 17.4. The van der Waals surface area contributed by atoms with Crippen LogP contribution in [-0.2, 0) is 0 Å². The zero-order valence-corrected chi connectivity index (χ0v) is 10.6. The average Bonchev–Trinajstić information content (AvgIpc) is 2.31. The number of hydrogen-bond donors (Lipinski definition) is 3. The van der Waals surface area contributed by atoms with Crippen LogP contribution in [0.4, 0.5) is 11.4 Å². The lowest BCUT2D eigenvalue weighted by Crippen LogP contribution is -3.15. The summed E-state index contributed by atoms with van der Waals surface area (Å²) in [6, 6.07) is 5.66. The number of aliphatic hydroxyl groups is 1. The number of anilines is 2. The molecule has 1 aromatic rings. The highest BCUT2D eigenvalue weighted by Crippen LogP contribution is 2.27. The van der Waals surface area contributed by atoms with Crippen LogP contribution in [0.25, 0.3) is 0 Å². The van der Waals surface area contributed by atoms with E-state index in [-0.39, 0.29) is 6.61 Å². The van der Waals surface area contributed by atoms with Gasteiger partial charge in [0.1, 0.15) is 6.54 Å². The number of rotatable bonds is 3. The maximum atomic E-state index is 8.91. The summed E-state index contributed by atoms with van der Waals surface area (Å²) in [5.74, 6) is 0. The molecule has 0 radical (unpaired) electrons. The van der Waals surface area contributed by atoms with E-state index in [4.69, 9.17) is 22.4 Å². The predicted molar refractivity (Wildman–Crippen MR) is 70.7 cm³/mol. The van der Waals surface area contributed by atoms with E-state index >= 15 is 0 Å². The second-order valence-corrected chi connectivity index (χ2v) is 4.83. The lowest BCUT2D eigenvalue weighted by Gasteiger charge is -2.33. The van der Waals surface area contributed by atoms with Crippen LogP contribution in [0.15, 0.2) is 18.2 Å². The van der Waals surface area contributed by atoms with Crippen molar-refractivity contribution in [1.82, 2.24) is 0 Å². The summed E-state index contributed by atoms with van der Waals surface area (Å²) in [6.07, 6.45) is 0. The average molecular weight is 257 g/mol. The number of nitrogens with one attached hydrogen (secondary N) is 1. The van der Waals surface area contributed by atoms with Gasteiger partial charge in [0.15, 0.2) is 0 Å². The summed E-state index contributed by atoms with van der Waals surface area (Å²) in [5.41, 5.74) is 7.44. The van der Waals surface area contributed by atoms with E-state index in [1.54, 1.807) is 6.07 Å². The molecular formula is C12H19ClN3O+. The molecule has 0 atom stereocenters. The number of piperazine rings is 1. The highest BCUT2D eigenvalue weighted by Gasteiger charge is 2.20. The van der Waals surface area contributed by atoms with Crippen molar-refractivity contribution in [1.29, 1.82) is 0 Å². The van der Waals surface area contributed by atoms with E-state index < -0.39 is 0 Å². The van der Waals surface area contributed by atoms with Crippen LogP contribution < -0.4 is 15.5 Å². The second-order valence-electron chi connectivity index (χ2n) is 4.42. The van der Waals surface area contributed by atoms with Gasteiger partial charge in [-0.05, 0) is 18.2 Å². The van der Waals surface area contributed by atoms with Crippen molar-refractivity contribution >= 4 is 23.0 Å². The van der Waals surface area contributed by atoms with E-state index in [1.807, 2.05) is 12.1 Å². The van der Waals surface area contributed by atoms with E-state index in [9.17, 15) is 0 Å². The largest absolute Gasteiger partial charge is 0.399 e. The predicted octanol–water partition coefficient (Wildman–Crippen LogP) is -0.381. The number of aliphatic hydroxyl groups excluding tert-OH is 1. The van der Waals surface area contributed by atoms with Gasteiger partial charge in [0.05, 0.1) is 43.5 Å². The molecule has 1 fully saturated rings. The Morgan fingerprint density at radius 3 is 2.65 bits per heavy atom. The van der Waals surface area contributed by atoms with E-state index in [0.29, 0.717) is 5.69 Å². The number of nitrogens with two attached hydrogens (primary N) is 1. The smallest absolute Gasteiger partial charge is 0.101 e. The summed E-state index contributed by atoms with van der Waals surface area (Å²) in [6.45, 7) is 5.13. The van der Waals surface area contributed by atoms with Crippen LogP contribution in [-0.4, -0.2) is 44.4 Å². The first-order chi connectivity index (χ1) is 8.20. The van der Waals surface area contributed by atoms with Crippen molar-refractivity contribution in [2.45, 2.75) is 0 Å². The van der Waals surface area contributed by atoms with Gasteiger partial charge < -0.3 is 20.6 Å². The number of nitrogen functional groups attached to an aromatic ring is 1. The van der Waals surface area contributed by atoms with Crippen LogP contribution in [0.5, 0.6) is 0 Å². The molecule has 4 N–H and O–H groups in total. The quantitative estimate of drug-likeness (QED) is 0.647. The van der Waals surface area contributed by atoms with E-state index in [1.165, 1.54) is 4.90 Å². The zero-order valence-electron chi connectivity index (χ0n) is 9.82. The summed E-state index contributed by atoms with van der Waals surface area (Å²) in [7, 11) is 0. The minimum atomic E-state index is 0.262. The molecule has 4 nitrogen and oxygen atoms in total. The zero-order chi connectivity index (χ0) is 12.3. The molecule has 0 saturated carbocycles. The third kappa shape index (κ3) is 3.03. The van der Waals surface area contributed by atoms with E-state index in [0.717, 1.165) is 43.4 Å². The maximum absolute atomic E-state index is 8.91. The molecule has 0 unspecified atom stereocenters. The van der Waals surface area contributed by atoms with Crippen LogP contribution in [0.2, 0.25) is 5.02 Å². The fraction of sp³-hybridized carbons (Fsp3) is 0.500. The monoisotopic (exact) mass is 256 g/mol. The van der Waals surface area contributed by atoms with Gasteiger partial charge in [-0.25, -0.2) is 0 Å². The first-order valence-electron chi connectivity index (χ1n) is 5.95. The lowest BCUT2D eigenvalue weighted by atomic mass is 10.2. The highest BCUT2D eigenvalue weighted by molar-refractivity contribution is 6.33. The topological polar surface area (TPSA) is 53.9 Å². The van der Waals surface area contributed by atoms with Gasteiger partial charge in [0.25, 0.3) is 0 Å². The first-order valence-corrected chi connectivity index (χ1v) is 6.33. The standard InChI is InChI=1S/C12H18ClN3O/c13-11-9-10(14)1-2-12(11)16-5-3-15(4-6-16)7-8-17/h1-2,9,17H,3-8,14H2/p+1. The Hall–Kier alpha value is -0.970. The Morgan fingerprint density at radius 1 is 1.35 bits per heavy atom. The SMILES string of the molecule is Nc1ccc(N2CC[NH+](CCO)CC2)c(Cl)c1.